The van der Waals surface area contributed by atoms with E-state index in [-0.39, 0.29) is 11.4 Å². The van der Waals surface area contributed by atoms with Crippen LogP contribution in [0, 0.1) is 16.7 Å². The first-order valence-corrected chi connectivity index (χ1v) is 6.46. The predicted molar refractivity (Wildman–Crippen MR) is 67.9 cm³/mol. The number of rotatable bonds is 2. The summed E-state index contributed by atoms with van der Waals surface area (Å²) in [5.74, 6) is -0.130. The molecule has 0 bridgehead atoms. The Morgan fingerprint density at radius 1 is 1.56 bits per heavy atom. The second kappa shape index (κ2) is 4.30. The van der Waals surface area contributed by atoms with Gasteiger partial charge in [0.25, 0.3) is 0 Å². The summed E-state index contributed by atoms with van der Waals surface area (Å²) >= 11 is 1.47. The highest BCUT2D eigenvalue weighted by Crippen LogP contribution is 2.45. The number of ether oxygens (including phenoxy) is 1. The average Bonchev–Trinajstić information content (AvgIpc) is 2.86. The number of Topliss-reactive ketones (excluding diaryl/α,β-unsaturated/α-hetero) is 1. The number of aromatic nitrogens is 1. The maximum Gasteiger partial charge on any atom is 0.178 e. The normalized spacial score (nSPS) is 26.6. The maximum absolute atomic E-state index is 12.1. The van der Waals surface area contributed by atoms with E-state index in [9.17, 15) is 4.79 Å². The van der Waals surface area contributed by atoms with E-state index in [1.165, 1.54) is 11.3 Å². The molecule has 1 aliphatic rings. The van der Waals surface area contributed by atoms with Crippen molar-refractivity contribution in [3.05, 3.63) is 28.2 Å². The third-order valence-corrected chi connectivity index (χ3v) is 4.15. The molecule has 1 heterocycles. The molecule has 0 saturated carbocycles. The second-order valence-corrected chi connectivity index (χ2v) is 5.89. The molecule has 94 valence electrons. The van der Waals surface area contributed by atoms with E-state index in [0.29, 0.717) is 6.42 Å². The third-order valence-electron chi connectivity index (χ3n) is 3.22. The summed E-state index contributed by atoms with van der Waals surface area (Å²) in [7, 11) is 1.58. The molecule has 0 radical (unpaired) electrons. The smallest absolute Gasteiger partial charge is 0.178 e. The van der Waals surface area contributed by atoms with E-state index in [1.807, 2.05) is 25.3 Å². The number of thiazole rings is 1. The van der Waals surface area contributed by atoms with E-state index in [2.05, 4.69) is 4.98 Å². The highest BCUT2D eigenvalue weighted by molar-refractivity contribution is 7.09. The van der Waals surface area contributed by atoms with Gasteiger partial charge < -0.3 is 4.74 Å². The highest BCUT2D eigenvalue weighted by atomic mass is 32.1. The maximum atomic E-state index is 12.1. The first-order valence-electron chi connectivity index (χ1n) is 5.58. The lowest BCUT2D eigenvalue weighted by Crippen LogP contribution is -2.42. The first kappa shape index (κ1) is 12.9. The van der Waals surface area contributed by atoms with Gasteiger partial charge in [0.1, 0.15) is 16.7 Å². The predicted octanol–water partition coefficient (Wildman–Crippen LogP) is 2.43. The van der Waals surface area contributed by atoms with Crippen LogP contribution in [0.15, 0.2) is 23.2 Å². The van der Waals surface area contributed by atoms with Crippen molar-refractivity contribution in [2.24, 2.45) is 5.41 Å². The lowest BCUT2D eigenvalue weighted by Gasteiger charge is -2.38. The molecule has 0 aromatic carbocycles. The summed E-state index contributed by atoms with van der Waals surface area (Å²) in [5.41, 5.74) is -1.23. The van der Waals surface area contributed by atoms with E-state index in [4.69, 9.17) is 10.00 Å². The van der Waals surface area contributed by atoms with Gasteiger partial charge in [0.2, 0.25) is 0 Å². The van der Waals surface area contributed by atoms with E-state index >= 15 is 0 Å². The summed E-state index contributed by atoms with van der Waals surface area (Å²) in [4.78, 5) is 16.4. The third kappa shape index (κ3) is 1.88. The van der Waals surface area contributed by atoms with E-state index in [0.717, 1.165) is 5.01 Å². The van der Waals surface area contributed by atoms with Crippen molar-refractivity contribution in [3.63, 3.8) is 0 Å². The molecule has 18 heavy (non-hydrogen) atoms. The van der Waals surface area contributed by atoms with Gasteiger partial charge >= 0.3 is 0 Å². The van der Waals surface area contributed by atoms with Crippen molar-refractivity contribution < 1.29 is 9.53 Å². The quantitative estimate of drug-likeness (QED) is 0.821. The molecule has 2 rings (SSSR count). The number of carbonyl (C=O) groups is 1. The van der Waals surface area contributed by atoms with Gasteiger partial charge in [-0.1, -0.05) is 13.8 Å². The number of hydrogen-bond donors (Lipinski definition) is 0. The lowest BCUT2D eigenvalue weighted by molar-refractivity contribution is -0.128. The second-order valence-electron chi connectivity index (χ2n) is 4.99. The number of carbonyl (C=O) groups excluding carboxylic acids is 1. The number of ketones is 1. The standard InChI is InChI=1S/C13H14N2O2S/c1-12(2)8-13(17-3,11-15-4-5-18-11)6-9(7-14)10(12)16/h4-6H,8H2,1-3H3. The molecular formula is C13H14N2O2S. The van der Waals surface area contributed by atoms with Gasteiger partial charge in [0.15, 0.2) is 5.78 Å². The monoisotopic (exact) mass is 262 g/mol. The minimum absolute atomic E-state index is 0.130. The molecule has 0 aliphatic heterocycles. The summed E-state index contributed by atoms with van der Waals surface area (Å²) in [5, 5.41) is 11.7. The minimum Gasteiger partial charge on any atom is -0.367 e. The molecule has 0 fully saturated rings. The Kier molecular flexibility index (Phi) is 3.09. The molecule has 1 aromatic rings. The highest BCUT2D eigenvalue weighted by Gasteiger charge is 2.47. The molecule has 0 saturated heterocycles. The Hall–Kier alpha value is -1.51. The molecule has 1 atom stereocenters. The zero-order chi connectivity index (χ0) is 13.4. The molecule has 0 spiro atoms. The van der Waals surface area contributed by atoms with Gasteiger partial charge in [-0.15, -0.1) is 11.3 Å². The molecule has 1 aliphatic carbocycles. The SMILES string of the molecule is COC1(c2nccs2)C=C(C#N)C(=O)C(C)(C)C1. The van der Waals surface area contributed by atoms with Crippen LogP contribution >= 0.6 is 11.3 Å². The number of methoxy groups -OCH3 is 1. The van der Waals surface area contributed by atoms with Crippen molar-refractivity contribution in [2.75, 3.05) is 7.11 Å². The Morgan fingerprint density at radius 2 is 2.28 bits per heavy atom. The number of nitriles is 1. The molecule has 4 nitrogen and oxygen atoms in total. The van der Waals surface area contributed by atoms with E-state index in [1.54, 1.807) is 19.4 Å². The van der Waals surface area contributed by atoms with Crippen molar-refractivity contribution in [1.29, 1.82) is 5.26 Å². The van der Waals surface area contributed by atoms with Gasteiger partial charge in [0.05, 0.1) is 5.57 Å². The molecular weight excluding hydrogens is 248 g/mol. The molecule has 1 aromatic heterocycles. The van der Waals surface area contributed by atoms with Crippen LogP contribution in [0.5, 0.6) is 0 Å². The molecule has 0 N–H and O–H groups in total. The van der Waals surface area contributed by atoms with Gasteiger partial charge in [-0.05, 0) is 12.5 Å². The summed E-state index contributed by atoms with van der Waals surface area (Å²) in [6.45, 7) is 3.67. The summed E-state index contributed by atoms with van der Waals surface area (Å²) in [6.07, 6.45) is 3.80. The Morgan fingerprint density at radius 3 is 2.78 bits per heavy atom. The largest absolute Gasteiger partial charge is 0.367 e. The zero-order valence-corrected chi connectivity index (χ0v) is 11.4. The summed E-state index contributed by atoms with van der Waals surface area (Å²) in [6, 6.07) is 1.97. The van der Waals surface area contributed by atoms with Crippen LogP contribution in [0.2, 0.25) is 0 Å². The fourth-order valence-electron chi connectivity index (χ4n) is 2.32. The van der Waals surface area contributed by atoms with Gasteiger partial charge in [-0.2, -0.15) is 5.26 Å². The lowest BCUT2D eigenvalue weighted by atomic mass is 9.70. The Bertz CT molecular complexity index is 540. The first-order chi connectivity index (χ1) is 8.45. The van der Waals surface area contributed by atoms with Crippen molar-refractivity contribution >= 4 is 17.1 Å². The van der Waals surface area contributed by atoms with Crippen LogP contribution < -0.4 is 0 Å². The average molecular weight is 262 g/mol. The van der Waals surface area contributed by atoms with Crippen LogP contribution in [0.1, 0.15) is 25.3 Å². The van der Waals surface area contributed by atoms with Gasteiger partial charge in [-0.3, -0.25) is 4.79 Å². The van der Waals surface area contributed by atoms with Crippen molar-refractivity contribution in [2.45, 2.75) is 25.9 Å². The van der Waals surface area contributed by atoms with Crippen molar-refractivity contribution in [1.82, 2.24) is 4.98 Å². The van der Waals surface area contributed by atoms with Gasteiger partial charge in [0, 0.05) is 24.1 Å². The fourth-order valence-corrected chi connectivity index (χ4v) is 3.11. The van der Waals surface area contributed by atoms with Crippen molar-refractivity contribution in [3.8, 4) is 6.07 Å². The fraction of sp³-hybridized carbons (Fsp3) is 0.462. The van der Waals surface area contributed by atoms with Crippen LogP contribution in [-0.2, 0) is 15.1 Å². The molecule has 0 amide bonds. The zero-order valence-electron chi connectivity index (χ0n) is 10.6. The van der Waals surface area contributed by atoms with Gasteiger partial charge in [-0.25, -0.2) is 4.98 Å². The Balaban J connectivity index is 2.60. The number of nitrogens with zero attached hydrogens (tertiary/aromatic N) is 2. The van der Waals surface area contributed by atoms with Crippen LogP contribution in [0.25, 0.3) is 0 Å². The minimum atomic E-state index is -0.767. The van der Waals surface area contributed by atoms with Crippen LogP contribution in [0.3, 0.4) is 0 Å². The number of allylic oxidation sites excluding steroid dienone is 1. The summed E-state index contributed by atoms with van der Waals surface area (Å²) < 4.78 is 5.61. The van der Waals surface area contributed by atoms with E-state index < -0.39 is 11.0 Å². The molecule has 5 heteroatoms. The molecule has 1 unspecified atom stereocenters. The van der Waals surface area contributed by atoms with Crippen LogP contribution in [0.4, 0.5) is 0 Å². The Labute approximate surface area is 110 Å². The number of hydrogen-bond acceptors (Lipinski definition) is 5. The van der Waals surface area contributed by atoms with Crippen LogP contribution in [-0.4, -0.2) is 17.9 Å². The topological polar surface area (TPSA) is 63.0 Å².